The van der Waals surface area contributed by atoms with Crippen LogP contribution in [0.25, 0.3) is 16.2 Å². The molecule has 0 unspecified atom stereocenters. The normalized spacial score (nSPS) is 11.2. The van der Waals surface area contributed by atoms with Gasteiger partial charge in [0, 0.05) is 0 Å². The number of rotatable bonds is 6. The molecule has 5 heteroatoms. The second-order valence-electron chi connectivity index (χ2n) is 5.52. The molecule has 1 aromatic heterocycles. The second kappa shape index (κ2) is 7.49. The highest BCUT2D eigenvalue weighted by atomic mass is 32.1. The third kappa shape index (κ3) is 3.56. The standard InChI is InChI=1S/C20H20O4S/c1-22-17-11-14(12-18(23-2)19(17)24-3)6-4-5-13-9-15-7-8-25-20(15)16(21)10-13/h4,6-12,21H,5H2,1-3H3/b6-4-. The Morgan fingerprint density at radius 2 is 1.72 bits per heavy atom. The zero-order valence-electron chi connectivity index (χ0n) is 14.4. The molecule has 3 rings (SSSR count). The van der Waals surface area contributed by atoms with Crippen LogP contribution in [0.2, 0.25) is 0 Å². The van der Waals surface area contributed by atoms with Crippen molar-refractivity contribution < 1.29 is 19.3 Å². The molecule has 0 radical (unpaired) electrons. The summed E-state index contributed by atoms with van der Waals surface area (Å²) in [6.07, 6.45) is 4.77. The molecule has 0 aliphatic heterocycles. The van der Waals surface area contributed by atoms with Gasteiger partial charge in [-0.2, -0.15) is 0 Å². The van der Waals surface area contributed by atoms with Crippen LogP contribution >= 0.6 is 11.3 Å². The average Bonchev–Trinajstić information content (AvgIpc) is 3.10. The first kappa shape index (κ1) is 17.2. The lowest BCUT2D eigenvalue weighted by atomic mass is 10.1. The molecule has 130 valence electrons. The summed E-state index contributed by atoms with van der Waals surface area (Å²) < 4.78 is 17.0. The van der Waals surface area contributed by atoms with Gasteiger partial charge in [0.15, 0.2) is 11.5 Å². The number of aromatic hydroxyl groups is 1. The Hall–Kier alpha value is -2.66. The van der Waals surface area contributed by atoms with Crippen LogP contribution in [0.5, 0.6) is 23.0 Å². The number of phenols is 1. The van der Waals surface area contributed by atoms with Gasteiger partial charge in [-0.05, 0) is 58.6 Å². The summed E-state index contributed by atoms with van der Waals surface area (Å²) in [6.45, 7) is 0. The number of allylic oxidation sites excluding steroid dienone is 1. The third-order valence-corrected chi connectivity index (χ3v) is 4.89. The van der Waals surface area contributed by atoms with Crippen molar-refractivity contribution in [2.75, 3.05) is 21.3 Å². The van der Waals surface area contributed by atoms with Gasteiger partial charge in [0.25, 0.3) is 0 Å². The van der Waals surface area contributed by atoms with E-state index < -0.39 is 0 Å². The lowest BCUT2D eigenvalue weighted by Gasteiger charge is -2.12. The molecule has 0 saturated heterocycles. The van der Waals surface area contributed by atoms with Gasteiger partial charge in [-0.3, -0.25) is 0 Å². The first-order valence-electron chi connectivity index (χ1n) is 7.82. The van der Waals surface area contributed by atoms with E-state index >= 15 is 0 Å². The first-order valence-corrected chi connectivity index (χ1v) is 8.70. The van der Waals surface area contributed by atoms with Crippen molar-refractivity contribution in [3.8, 4) is 23.0 Å². The quantitative estimate of drug-likeness (QED) is 0.683. The second-order valence-corrected chi connectivity index (χ2v) is 6.44. The third-order valence-electron chi connectivity index (χ3n) is 3.94. The first-order chi connectivity index (χ1) is 12.2. The topological polar surface area (TPSA) is 47.9 Å². The van der Waals surface area contributed by atoms with E-state index in [0.717, 1.165) is 27.6 Å². The van der Waals surface area contributed by atoms with Gasteiger partial charge < -0.3 is 19.3 Å². The van der Waals surface area contributed by atoms with Gasteiger partial charge in [0.2, 0.25) is 5.75 Å². The van der Waals surface area contributed by atoms with Gasteiger partial charge in [0.1, 0.15) is 5.75 Å². The Labute approximate surface area is 150 Å². The Bertz CT molecular complexity index is 886. The fourth-order valence-electron chi connectivity index (χ4n) is 2.77. The van der Waals surface area contributed by atoms with Gasteiger partial charge in [-0.15, -0.1) is 11.3 Å². The summed E-state index contributed by atoms with van der Waals surface area (Å²) in [5.41, 5.74) is 2.02. The maximum absolute atomic E-state index is 10.1. The molecular weight excluding hydrogens is 336 g/mol. The summed E-state index contributed by atoms with van der Waals surface area (Å²) in [4.78, 5) is 0. The number of thiophene rings is 1. The van der Waals surface area contributed by atoms with E-state index in [1.807, 2.05) is 41.8 Å². The zero-order valence-corrected chi connectivity index (χ0v) is 15.2. The van der Waals surface area contributed by atoms with Gasteiger partial charge in [-0.1, -0.05) is 12.2 Å². The molecule has 0 saturated carbocycles. The van der Waals surface area contributed by atoms with Crippen molar-refractivity contribution in [2.45, 2.75) is 6.42 Å². The smallest absolute Gasteiger partial charge is 0.203 e. The van der Waals surface area contributed by atoms with E-state index in [4.69, 9.17) is 14.2 Å². The lowest BCUT2D eigenvalue weighted by Crippen LogP contribution is -1.95. The summed E-state index contributed by atoms with van der Waals surface area (Å²) in [5, 5.41) is 13.1. The highest BCUT2D eigenvalue weighted by Crippen LogP contribution is 2.38. The van der Waals surface area contributed by atoms with Crippen LogP contribution in [0.4, 0.5) is 0 Å². The Kier molecular flexibility index (Phi) is 5.14. The molecule has 0 aliphatic carbocycles. The van der Waals surface area contributed by atoms with Crippen LogP contribution in [0.1, 0.15) is 11.1 Å². The molecule has 2 aromatic carbocycles. The minimum Gasteiger partial charge on any atom is -0.506 e. The van der Waals surface area contributed by atoms with Crippen molar-refractivity contribution in [2.24, 2.45) is 0 Å². The maximum Gasteiger partial charge on any atom is 0.203 e. The molecule has 0 spiro atoms. The minimum absolute atomic E-state index is 0.337. The molecule has 4 nitrogen and oxygen atoms in total. The highest BCUT2D eigenvalue weighted by molar-refractivity contribution is 7.17. The molecule has 0 fully saturated rings. The van der Waals surface area contributed by atoms with Crippen molar-refractivity contribution in [1.82, 2.24) is 0 Å². The predicted octanol–water partition coefficient (Wildman–Crippen LogP) is 4.89. The zero-order chi connectivity index (χ0) is 17.8. The van der Waals surface area contributed by atoms with Gasteiger partial charge in [-0.25, -0.2) is 0 Å². The molecule has 0 aliphatic rings. The number of fused-ring (bicyclic) bond motifs is 1. The average molecular weight is 356 g/mol. The Morgan fingerprint density at radius 3 is 2.36 bits per heavy atom. The van der Waals surface area contributed by atoms with E-state index in [1.165, 1.54) is 0 Å². The van der Waals surface area contributed by atoms with E-state index in [-0.39, 0.29) is 0 Å². The van der Waals surface area contributed by atoms with E-state index in [2.05, 4.69) is 6.07 Å². The summed E-state index contributed by atoms with van der Waals surface area (Å²) >= 11 is 1.55. The van der Waals surface area contributed by atoms with Crippen molar-refractivity contribution in [3.63, 3.8) is 0 Å². The predicted molar refractivity (Wildman–Crippen MR) is 102 cm³/mol. The molecule has 1 N–H and O–H groups in total. The molecular formula is C20H20O4S. The van der Waals surface area contributed by atoms with Crippen molar-refractivity contribution in [3.05, 3.63) is 52.9 Å². The lowest BCUT2D eigenvalue weighted by molar-refractivity contribution is 0.324. The molecule has 3 aromatic rings. The molecule has 1 heterocycles. The molecule has 0 atom stereocenters. The van der Waals surface area contributed by atoms with E-state index in [0.29, 0.717) is 23.0 Å². The number of benzene rings is 2. The molecule has 25 heavy (non-hydrogen) atoms. The van der Waals surface area contributed by atoms with Crippen LogP contribution in [0.15, 0.2) is 41.8 Å². The fraction of sp³-hybridized carbons (Fsp3) is 0.200. The van der Waals surface area contributed by atoms with Crippen LogP contribution in [0, 0.1) is 0 Å². The molecule has 0 bridgehead atoms. The fourth-order valence-corrected chi connectivity index (χ4v) is 3.56. The Morgan fingerprint density at radius 1 is 1.00 bits per heavy atom. The van der Waals surface area contributed by atoms with Crippen LogP contribution in [0.3, 0.4) is 0 Å². The number of hydrogen-bond donors (Lipinski definition) is 1. The Balaban J connectivity index is 1.83. The summed E-state index contributed by atoms with van der Waals surface area (Å²) in [6, 6.07) is 9.74. The molecule has 0 amide bonds. The SMILES string of the molecule is COc1cc(/C=C\Cc2cc(O)c3sccc3c2)cc(OC)c1OC. The highest BCUT2D eigenvalue weighted by Gasteiger charge is 2.12. The summed E-state index contributed by atoms with van der Waals surface area (Å²) in [7, 11) is 4.79. The monoisotopic (exact) mass is 356 g/mol. The summed E-state index contributed by atoms with van der Waals surface area (Å²) in [5.74, 6) is 2.16. The van der Waals surface area contributed by atoms with Crippen molar-refractivity contribution >= 4 is 27.5 Å². The van der Waals surface area contributed by atoms with Gasteiger partial charge >= 0.3 is 0 Å². The largest absolute Gasteiger partial charge is 0.506 e. The maximum atomic E-state index is 10.1. The van der Waals surface area contributed by atoms with Crippen molar-refractivity contribution in [1.29, 1.82) is 0 Å². The van der Waals surface area contributed by atoms with Crippen LogP contribution in [-0.4, -0.2) is 26.4 Å². The number of phenolic OH excluding ortho intramolecular Hbond substituents is 1. The number of methoxy groups -OCH3 is 3. The number of hydrogen-bond acceptors (Lipinski definition) is 5. The number of ether oxygens (including phenoxy) is 3. The van der Waals surface area contributed by atoms with E-state index in [1.54, 1.807) is 32.7 Å². The van der Waals surface area contributed by atoms with Crippen LogP contribution < -0.4 is 14.2 Å². The van der Waals surface area contributed by atoms with Gasteiger partial charge in [0.05, 0.1) is 26.0 Å². The minimum atomic E-state index is 0.337. The van der Waals surface area contributed by atoms with E-state index in [9.17, 15) is 5.11 Å². The van der Waals surface area contributed by atoms with Crippen LogP contribution in [-0.2, 0) is 6.42 Å².